The summed E-state index contributed by atoms with van der Waals surface area (Å²) in [6.07, 6.45) is 4.81. The first-order valence-electron chi connectivity index (χ1n) is 8.89. The van der Waals surface area contributed by atoms with Crippen LogP contribution in [0.4, 0.5) is 0 Å². The van der Waals surface area contributed by atoms with E-state index in [2.05, 4.69) is 10.8 Å². The summed E-state index contributed by atoms with van der Waals surface area (Å²) in [5.41, 5.74) is 2.40. The lowest BCUT2D eigenvalue weighted by molar-refractivity contribution is 0.402. The second-order valence-electron chi connectivity index (χ2n) is 6.96. The Labute approximate surface area is 158 Å². The zero-order valence-corrected chi connectivity index (χ0v) is 16.2. The molecule has 0 bridgehead atoms. The van der Waals surface area contributed by atoms with E-state index in [0.29, 0.717) is 23.4 Å². The molecular weight excluding hydrogens is 374 g/mol. The van der Waals surface area contributed by atoms with Gasteiger partial charge in [-0.3, -0.25) is 4.68 Å². The second-order valence-corrected chi connectivity index (χ2v) is 9.13. The Morgan fingerprint density at radius 2 is 1.96 bits per heavy atom. The van der Waals surface area contributed by atoms with Gasteiger partial charge in [-0.2, -0.15) is 5.10 Å². The van der Waals surface area contributed by atoms with E-state index < -0.39 is 10.0 Å². The maximum absolute atomic E-state index is 12.6. The third kappa shape index (κ3) is 3.75. The normalized spacial score (nSPS) is 17.5. The minimum Gasteiger partial charge on any atom is -0.495 e. The van der Waals surface area contributed by atoms with Gasteiger partial charge in [-0.05, 0) is 49.9 Å². The summed E-state index contributed by atoms with van der Waals surface area (Å²) in [5.74, 6) is 1.46. The van der Waals surface area contributed by atoms with Crippen molar-refractivity contribution in [2.75, 3.05) is 13.7 Å². The first kappa shape index (κ1) is 17.8. The molecule has 0 unspecified atom stereocenters. The van der Waals surface area contributed by atoms with Gasteiger partial charge in [0.25, 0.3) is 0 Å². The van der Waals surface area contributed by atoms with Crippen molar-refractivity contribution in [2.24, 2.45) is 0 Å². The molecule has 2 saturated carbocycles. The van der Waals surface area contributed by atoms with Crippen LogP contribution in [0.15, 0.2) is 29.2 Å². The molecule has 4 rings (SSSR count). The summed E-state index contributed by atoms with van der Waals surface area (Å²) >= 11 is 5.95. The lowest BCUT2D eigenvalue weighted by Gasteiger charge is -2.12. The third-order valence-corrected chi connectivity index (χ3v) is 6.57. The Balaban J connectivity index is 1.47. The molecule has 2 fully saturated rings. The highest BCUT2D eigenvalue weighted by Crippen LogP contribution is 2.44. The summed E-state index contributed by atoms with van der Waals surface area (Å²) in [6.45, 7) is 0.782. The fourth-order valence-electron chi connectivity index (χ4n) is 3.14. The van der Waals surface area contributed by atoms with Crippen LogP contribution in [0.3, 0.4) is 0 Å². The molecule has 0 spiro atoms. The SMILES string of the molecule is COc1ccc(Cl)cc1S(=O)(=O)NCCn1nc(C2CC2)cc1C1CC1. The highest BCUT2D eigenvalue weighted by molar-refractivity contribution is 7.89. The van der Waals surface area contributed by atoms with E-state index in [1.807, 2.05) is 4.68 Å². The molecule has 1 heterocycles. The van der Waals surface area contributed by atoms with Gasteiger partial charge in [0.05, 0.1) is 19.3 Å². The Bertz CT molecular complexity index is 918. The van der Waals surface area contributed by atoms with Crippen LogP contribution in [0, 0.1) is 0 Å². The average Bonchev–Trinajstić information content (AvgIpc) is 3.53. The van der Waals surface area contributed by atoms with Gasteiger partial charge in [-0.25, -0.2) is 13.1 Å². The maximum Gasteiger partial charge on any atom is 0.244 e. The van der Waals surface area contributed by atoms with E-state index in [9.17, 15) is 8.42 Å². The Kier molecular flexibility index (Phi) is 4.71. The van der Waals surface area contributed by atoms with Gasteiger partial charge in [-0.1, -0.05) is 11.6 Å². The molecule has 140 valence electrons. The highest BCUT2D eigenvalue weighted by atomic mass is 35.5. The number of rotatable bonds is 8. The average molecular weight is 396 g/mol. The molecule has 8 heteroatoms. The van der Waals surface area contributed by atoms with Crippen molar-refractivity contribution < 1.29 is 13.2 Å². The van der Waals surface area contributed by atoms with Crippen LogP contribution in [-0.4, -0.2) is 31.9 Å². The number of benzene rings is 1. The molecule has 6 nitrogen and oxygen atoms in total. The molecule has 0 amide bonds. The van der Waals surface area contributed by atoms with Crippen LogP contribution in [0.25, 0.3) is 0 Å². The van der Waals surface area contributed by atoms with Crippen LogP contribution in [0.1, 0.15) is 48.9 Å². The second kappa shape index (κ2) is 6.87. The van der Waals surface area contributed by atoms with Crippen molar-refractivity contribution in [1.29, 1.82) is 0 Å². The van der Waals surface area contributed by atoms with E-state index in [-0.39, 0.29) is 17.2 Å². The van der Waals surface area contributed by atoms with E-state index >= 15 is 0 Å². The molecule has 1 aromatic carbocycles. The predicted molar refractivity (Wildman–Crippen MR) is 99.4 cm³/mol. The number of methoxy groups -OCH3 is 1. The van der Waals surface area contributed by atoms with Gasteiger partial charge < -0.3 is 4.74 Å². The number of ether oxygens (including phenoxy) is 1. The predicted octanol–water partition coefficient (Wildman–Crippen LogP) is 3.28. The Morgan fingerprint density at radius 3 is 2.62 bits per heavy atom. The molecule has 2 aliphatic rings. The number of sulfonamides is 1. The standard InChI is InChI=1S/C18H22ClN3O3S/c1-25-17-7-6-14(19)10-18(17)26(23,24)20-8-9-22-16(13-4-5-13)11-15(21-22)12-2-3-12/h6-7,10-13,20H,2-5,8-9H2,1H3. The van der Waals surface area contributed by atoms with Gasteiger partial charge in [-0.15, -0.1) is 0 Å². The fourth-order valence-corrected chi connectivity index (χ4v) is 4.59. The number of aromatic nitrogens is 2. The largest absolute Gasteiger partial charge is 0.495 e. The Hall–Kier alpha value is -1.57. The lowest BCUT2D eigenvalue weighted by Crippen LogP contribution is -2.28. The maximum atomic E-state index is 12.6. The molecule has 2 aromatic rings. The van der Waals surface area contributed by atoms with Crippen LogP contribution in [0.5, 0.6) is 5.75 Å². The molecule has 1 N–H and O–H groups in total. The van der Waals surface area contributed by atoms with E-state index in [1.165, 1.54) is 44.6 Å². The van der Waals surface area contributed by atoms with Crippen molar-refractivity contribution in [2.45, 2.75) is 49.0 Å². The molecule has 0 radical (unpaired) electrons. The molecule has 2 aliphatic carbocycles. The van der Waals surface area contributed by atoms with E-state index in [1.54, 1.807) is 12.1 Å². The molecule has 1 aromatic heterocycles. The first-order chi connectivity index (χ1) is 12.5. The number of hydrogen-bond donors (Lipinski definition) is 1. The van der Waals surface area contributed by atoms with Crippen molar-refractivity contribution in [3.05, 3.63) is 40.7 Å². The third-order valence-electron chi connectivity index (χ3n) is 4.85. The van der Waals surface area contributed by atoms with Gasteiger partial charge in [0, 0.05) is 29.1 Å². The van der Waals surface area contributed by atoms with Crippen molar-refractivity contribution in [3.63, 3.8) is 0 Å². The zero-order chi connectivity index (χ0) is 18.3. The molecule has 26 heavy (non-hydrogen) atoms. The monoisotopic (exact) mass is 395 g/mol. The van der Waals surface area contributed by atoms with E-state index in [0.717, 1.165) is 5.69 Å². The zero-order valence-electron chi connectivity index (χ0n) is 14.6. The summed E-state index contributed by atoms with van der Waals surface area (Å²) in [4.78, 5) is 0.0500. The van der Waals surface area contributed by atoms with Crippen molar-refractivity contribution >= 4 is 21.6 Å². The van der Waals surface area contributed by atoms with Crippen molar-refractivity contribution in [3.8, 4) is 5.75 Å². The van der Waals surface area contributed by atoms with Gasteiger partial charge in [0.2, 0.25) is 10.0 Å². The van der Waals surface area contributed by atoms with Crippen molar-refractivity contribution in [1.82, 2.24) is 14.5 Å². The van der Waals surface area contributed by atoms with Crippen LogP contribution >= 0.6 is 11.6 Å². The topological polar surface area (TPSA) is 73.2 Å². The molecular formula is C18H22ClN3O3S. The van der Waals surface area contributed by atoms with Gasteiger partial charge in [0.1, 0.15) is 10.6 Å². The number of nitrogens with zero attached hydrogens (tertiary/aromatic N) is 2. The molecule has 0 aliphatic heterocycles. The quantitative estimate of drug-likeness (QED) is 0.744. The lowest BCUT2D eigenvalue weighted by atomic mass is 10.2. The van der Waals surface area contributed by atoms with E-state index in [4.69, 9.17) is 21.4 Å². The van der Waals surface area contributed by atoms with Gasteiger partial charge in [0.15, 0.2) is 0 Å². The van der Waals surface area contributed by atoms with Crippen LogP contribution in [0.2, 0.25) is 5.02 Å². The number of hydrogen-bond acceptors (Lipinski definition) is 4. The van der Waals surface area contributed by atoms with Crippen LogP contribution in [-0.2, 0) is 16.6 Å². The smallest absolute Gasteiger partial charge is 0.244 e. The summed E-state index contributed by atoms with van der Waals surface area (Å²) in [5, 5.41) is 5.06. The minimum absolute atomic E-state index is 0.0500. The summed E-state index contributed by atoms with van der Waals surface area (Å²) < 4.78 is 35.0. The molecule has 0 saturated heterocycles. The highest BCUT2D eigenvalue weighted by Gasteiger charge is 2.32. The summed E-state index contributed by atoms with van der Waals surface area (Å²) in [7, 11) is -2.27. The minimum atomic E-state index is -3.71. The number of halogens is 1. The van der Waals surface area contributed by atoms with Crippen LogP contribution < -0.4 is 9.46 Å². The van der Waals surface area contributed by atoms with Gasteiger partial charge >= 0.3 is 0 Å². The first-order valence-corrected chi connectivity index (χ1v) is 10.7. The number of nitrogens with one attached hydrogen (secondary N) is 1. The molecule has 0 atom stereocenters. The summed E-state index contributed by atoms with van der Waals surface area (Å²) in [6, 6.07) is 6.77. The fraction of sp³-hybridized carbons (Fsp3) is 0.500. The Morgan fingerprint density at radius 1 is 1.23 bits per heavy atom.